The fourth-order valence-electron chi connectivity index (χ4n) is 3.02. The second-order valence-corrected chi connectivity index (χ2v) is 8.53. The first-order valence-corrected chi connectivity index (χ1v) is 10.3. The van der Waals surface area contributed by atoms with Crippen LogP contribution in [0.3, 0.4) is 0 Å². The van der Waals surface area contributed by atoms with Crippen LogP contribution in [-0.2, 0) is 4.74 Å². The summed E-state index contributed by atoms with van der Waals surface area (Å²) in [6.07, 6.45) is 2.02. The van der Waals surface area contributed by atoms with Crippen molar-refractivity contribution in [2.45, 2.75) is 18.9 Å². The minimum Gasteiger partial charge on any atom is -0.376 e. The fraction of sp³-hybridized carbons (Fsp3) is 0.263. The first kappa shape index (κ1) is 17.9. The van der Waals surface area contributed by atoms with Crippen LogP contribution in [0.25, 0.3) is 10.2 Å². The molecule has 2 heterocycles. The van der Waals surface area contributed by atoms with E-state index in [2.05, 4.69) is 20.9 Å². The molecule has 0 radical (unpaired) electrons. The molecule has 0 spiro atoms. The number of nitrogens with zero attached hydrogens (tertiary/aromatic N) is 2. The van der Waals surface area contributed by atoms with Gasteiger partial charge in [-0.2, -0.15) is 0 Å². The van der Waals surface area contributed by atoms with Crippen molar-refractivity contribution in [2.75, 3.05) is 18.1 Å². The van der Waals surface area contributed by atoms with Crippen LogP contribution < -0.4 is 4.90 Å². The molecule has 3 aromatic rings. The Morgan fingerprint density at radius 1 is 1.35 bits per heavy atom. The van der Waals surface area contributed by atoms with Gasteiger partial charge < -0.3 is 4.74 Å². The summed E-state index contributed by atoms with van der Waals surface area (Å²) in [4.78, 5) is 19.6. The number of benzene rings is 2. The van der Waals surface area contributed by atoms with Gasteiger partial charge in [-0.25, -0.2) is 4.98 Å². The Morgan fingerprint density at radius 3 is 3.00 bits per heavy atom. The van der Waals surface area contributed by atoms with Gasteiger partial charge in [-0.1, -0.05) is 44.9 Å². The predicted octanol–water partition coefficient (Wildman–Crippen LogP) is 5.54. The van der Waals surface area contributed by atoms with Crippen molar-refractivity contribution in [3.8, 4) is 0 Å². The first-order valence-electron chi connectivity index (χ1n) is 8.35. The molecule has 7 heteroatoms. The van der Waals surface area contributed by atoms with Crippen LogP contribution in [0.2, 0.25) is 5.02 Å². The lowest BCUT2D eigenvalue weighted by Crippen LogP contribution is -2.37. The Kier molecular flexibility index (Phi) is 5.27. The van der Waals surface area contributed by atoms with Gasteiger partial charge >= 0.3 is 0 Å². The van der Waals surface area contributed by atoms with E-state index in [9.17, 15) is 4.79 Å². The van der Waals surface area contributed by atoms with Crippen LogP contribution in [-0.4, -0.2) is 30.1 Å². The van der Waals surface area contributed by atoms with Gasteiger partial charge in [0.1, 0.15) is 0 Å². The maximum absolute atomic E-state index is 13.2. The number of anilines is 1. The molecule has 0 aliphatic carbocycles. The molecule has 1 fully saturated rings. The van der Waals surface area contributed by atoms with Crippen LogP contribution in [0.1, 0.15) is 23.2 Å². The van der Waals surface area contributed by atoms with Crippen LogP contribution in [0.5, 0.6) is 0 Å². The highest BCUT2D eigenvalue weighted by atomic mass is 79.9. The summed E-state index contributed by atoms with van der Waals surface area (Å²) < 4.78 is 7.78. The van der Waals surface area contributed by atoms with Crippen molar-refractivity contribution >= 4 is 60.1 Å². The highest BCUT2D eigenvalue weighted by molar-refractivity contribution is 9.10. The fourth-order valence-corrected chi connectivity index (χ4v) is 4.73. The number of halogens is 2. The molecule has 4 rings (SSSR count). The number of carbonyl (C=O) groups is 1. The minimum atomic E-state index is -0.110. The van der Waals surface area contributed by atoms with Crippen molar-refractivity contribution in [2.24, 2.45) is 0 Å². The molecule has 1 amide bonds. The molecular weight excluding hydrogens is 436 g/mol. The van der Waals surface area contributed by atoms with Gasteiger partial charge in [0.25, 0.3) is 5.91 Å². The minimum absolute atomic E-state index is 0.0388. The molecule has 1 unspecified atom stereocenters. The molecule has 26 heavy (non-hydrogen) atoms. The molecular formula is C19H16BrClN2O2S. The van der Waals surface area contributed by atoms with Crippen molar-refractivity contribution in [3.05, 3.63) is 57.5 Å². The number of amides is 1. The van der Waals surface area contributed by atoms with Gasteiger partial charge in [0, 0.05) is 21.7 Å². The lowest BCUT2D eigenvalue weighted by Gasteiger charge is -2.23. The maximum atomic E-state index is 13.2. The molecule has 0 bridgehead atoms. The molecule has 0 N–H and O–H groups in total. The average Bonchev–Trinajstić information content (AvgIpc) is 3.28. The highest BCUT2D eigenvalue weighted by Crippen LogP contribution is 2.32. The molecule has 0 saturated carbocycles. The summed E-state index contributed by atoms with van der Waals surface area (Å²) in [6.45, 7) is 1.24. The average molecular weight is 452 g/mol. The van der Waals surface area contributed by atoms with Crippen molar-refractivity contribution in [1.82, 2.24) is 4.98 Å². The van der Waals surface area contributed by atoms with E-state index >= 15 is 0 Å². The van der Waals surface area contributed by atoms with Crippen molar-refractivity contribution < 1.29 is 9.53 Å². The van der Waals surface area contributed by atoms with E-state index in [4.69, 9.17) is 16.3 Å². The number of rotatable bonds is 4. The van der Waals surface area contributed by atoms with Gasteiger partial charge in [-0.05, 0) is 49.2 Å². The summed E-state index contributed by atoms with van der Waals surface area (Å²) in [5.41, 5.74) is 1.43. The van der Waals surface area contributed by atoms with Crippen LogP contribution >= 0.6 is 38.9 Å². The Labute approximate surface area is 168 Å². The number of ether oxygens (including phenoxy) is 1. The number of carbonyl (C=O) groups excluding carboxylic acids is 1. The normalized spacial score (nSPS) is 16.9. The quantitative estimate of drug-likeness (QED) is 0.523. The monoisotopic (exact) mass is 450 g/mol. The molecule has 1 aliphatic heterocycles. The molecule has 134 valence electrons. The summed E-state index contributed by atoms with van der Waals surface area (Å²) >= 11 is 11.1. The summed E-state index contributed by atoms with van der Waals surface area (Å²) in [5, 5.41) is 1.22. The molecule has 2 aromatic carbocycles. The smallest absolute Gasteiger partial charge is 0.260 e. The summed E-state index contributed by atoms with van der Waals surface area (Å²) in [6, 6.07) is 12.9. The zero-order valence-corrected chi connectivity index (χ0v) is 17.0. The topological polar surface area (TPSA) is 42.4 Å². The van der Waals surface area contributed by atoms with Gasteiger partial charge in [0.05, 0.1) is 22.9 Å². The van der Waals surface area contributed by atoms with E-state index in [1.165, 1.54) is 11.3 Å². The van der Waals surface area contributed by atoms with E-state index < -0.39 is 0 Å². The summed E-state index contributed by atoms with van der Waals surface area (Å²) in [5.74, 6) is -0.110. The maximum Gasteiger partial charge on any atom is 0.260 e. The zero-order valence-electron chi connectivity index (χ0n) is 13.8. The lowest BCUT2D eigenvalue weighted by atomic mass is 10.2. The lowest BCUT2D eigenvalue weighted by molar-refractivity contribution is 0.0917. The third-order valence-corrected chi connectivity index (χ3v) is 6.07. The van der Waals surface area contributed by atoms with Crippen LogP contribution in [0.15, 0.2) is 46.9 Å². The SMILES string of the molecule is O=C(c1cccc(Cl)c1)N(CC1CCCO1)c1nc2ccc(Br)cc2s1. The Morgan fingerprint density at radius 2 is 2.23 bits per heavy atom. The van der Waals surface area contributed by atoms with E-state index in [1.807, 2.05) is 18.2 Å². The van der Waals surface area contributed by atoms with Crippen LogP contribution in [0.4, 0.5) is 5.13 Å². The first-order chi connectivity index (χ1) is 12.6. The standard InChI is InChI=1S/C19H16BrClN2O2S/c20-13-6-7-16-17(10-13)26-19(22-16)23(11-15-5-2-8-25-15)18(24)12-3-1-4-14(21)9-12/h1,3-4,6-7,9-10,15H,2,5,8,11H2. The van der Waals surface area contributed by atoms with E-state index in [-0.39, 0.29) is 12.0 Å². The van der Waals surface area contributed by atoms with Crippen molar-refractivity contribution in [3.63, 3.8) is 0 Å². The third-order valence-electron chi connectivity index (χ3n) is 4.30. The Bertz CT molecular complexity index is 956. The van der Waals surface area contributed by atoms with E-state index in [0.29, 0.717) is 22.3 Å². The van der Waals surface area contributed by atoms with Gasteiger partial charge in [-0.15, -0.1) is 0 Å². The predicted molar refractivity (Wildman–Crippen MR) is 109 cm³/mol. The number of thiazole rings is 1. The number of hydrogen-bond acceptors (Lipinski definition) is 4. The Hall–Kier alpha value is -1.47. The molecule has 1 aliphatic rings. The number of fused-ring (bicyclic) bond motifs is 1. The van der Waals surface area contributed by atoms with Crippen LogP contribution in [0, 0.1) is 0 Å². The highest BCUT2D eigenvalue weighted by Gasteiger charge is 2.27. The molecule has 1 atom stereocenters. The van der Waals surface area contributed by atoms with Gasteiger partial charge in [0.2, 0.25) is 0 Å². The van der Waals surface area contributed by atoms with Gasteiger partial charge in [-0.3, -0.25) is 9.69 Å². The zero-order chi connectivity index (χ0) is 18.1. The summed E-state index contributed by atoms with van der Waals surface area (Å²) in [7, 11) is 0. The van der Waals surface area contributed by atoms with E-state index in [1.54, 1.807) is 29.2 Å². The molecule has 4 nitrogen and oxygen atoms in total. The molecule has 1 aromatic heterocycles. The largest absolute Gasteiger partial charge is 0.376 e. The second-order valence-electron chi connectivity index (χ2n) is 6.17. The number of hydrogen-bond donors (Lipinski definition) is 0. The molecule has 1 saturated heterocycles. The third kappa shape index (κ3) is 3.78. The van der Waals surface area contributed by atoms with Crippen molar-refractivity contribution in [1.29, 1.82) is 0 Å². The number of aromatic nitrogens is 1. The van der Waals surface area contributed by atoms with Gasteiger partial charge in [0.15, 0.2) is 5.13 Å². The van der Waals surface area contributed by atoms with E-state index in [0.717, 1.165) is 34.1 Å². The Balaban J connectivity index is 1.72. The second kappa shape index (κ2) is 7.64.